The van der Waals surface area contributed by atoms with Gasteiger partial charge < -0.3 is 15.4 Å². The first-order valence-electron chi connectivity index (χ1n) is 8.45. The molecule has 7 heteroatoms. The van der Waals surface area contributed by atoms with Crippen molar-refractivity contribution in [2.75, 3.05) is 25.4 Å². The Morgan fingerprint density at radius 3 is 2.21 bits per heavy atom. The first-order valence-corrected chi connectivity index (χ1v) is 8.99. The largest absolute Gasteiger partial charge is 0.340 e. The minimum absolute atomic E-state index is 0.133. The summed E-state index contributed by atoms with van der Waals surface area (Å²) in [6.07, 6.45) is 5.38. The van der Waals surface area contributed by atoms with Crippen LogP contribution < -0.4 is 10.6 Å². The van der Waals surface area contributed by atoms with Gasteiger partial charge in [-0.1, -0.05) is 24.3 Å². The van der Waals surface area contributed by atoms with Gasteiger partial charge in [0.2, 0.25) is 0 Å². The normalized spacial score (nSPS) is 11.5. The van der Waals surface area contributed by atoms with E-state index in [4.69, 9.17) is 16.4 Å². The maximum absolute atomic E-state index is 9.19. The molecule has 0 aliphatic rings. The quantitative estimate of drug-likeness (QED) is 0.243. The lowest BCUT2D eigenvalue weighted by atomic mass is 9.86. The second-order valence-electron chi connectivity index (χ2n) is 5.83. The molecule has 0 bridgehead atoms. The molecule has 2 N–H and O–H groups in total. The molecule has 28 heavy (non-hydrogen) atoms. The number of hydrogen-bond acceptors (Lipinski definition) is 5. The zero-order chi connectivity index (χ0) is 22.0. The summed E-state index contributed by atoms with van der Waals surface area (Å²) in [5.74, 6) is 0.609. The summed E-state index contributed by atoms with van der Waals surface area (Å²) < 4.78 is 0. The van der Waals surface area contributed by atoms with E-state index in [1.54, 1.807) is 6.20 Å². The number of carbonyl (C=O) groups excluding carboxylic acids is 1. The Morgan fingerprint density at radius 1 is 1.29 bits per heavy atom. The summed E-state index contributed by atoms with van der Waals surface area (Å²) >= 11 is 5.75. The van der Waals surface area contributed by atoms with Crippen LogP contribution >= 0.6 is 11.6 Å². The predicted octanol–water partition coefficient (Wildman–Crippen LogP) is 4.31. The number of nitrogens with one attached hydrogen (secondary N) is 2. The van der Waals surface area contributed by atoms with Gasteiger partial charge in [-0.3, -0.25) is 9.98 Å². The van der Waals surface area contributed by atoms with E-state index in [1.165, 1.54) is 0 Å². The molecule has 0 aliphatic carbocycles. The van der Waals surface area contributed by atoms with Gasteiger partial charge in [0.25, 0.3) is 0 Å². The lowest BCUT2D eigenvalue weighted by molar-refractivity contribution is -0.0979. The molecule has 0 atom stereocenters. The molecule has 0 amide bonds. The van der Waals surface area contributed by atoms with Crippen molar-refractivity contribution in [3.8, 4) is 6.07 Å². The van der Waals surface area contributed by atoms with Crippen LogP contribution in [0.1, 0.15) is 26.3 Å². The van der Waals surface area contributed by atoms with Gasteiger partial charge in [-0.25, -0.2) is 0 Å². The summed E-state index contributed by atoms with van der Waals surface area (Å²) in [5, 5.41) is 15.2. The Morgan fingerprint density at radius 2 is 1.82 bits per heavy atom. The average Bonchev–Trinajstić information content (AvgIpc) is 2.70. The van der Waals surface area contributed by atoms with Crippen LogP contribution in [0.3, 0.4) is 0 Å². The van der Waals surface area contributed by atoms with Crippen molar-refractivity contribution in [2.24, 2.45) is 9.98 Å². The predicted molar refractivity (Wildman–Crippen MR) is 121 cm³/mol. The number of rotatable bonds is 6. The first kappa shape index (κ1) is 27.5. The van der Waals surface area contributed by atoms with Gasteiger partial charge in [0.15, 0.2) is 0 Å². The summed E-state index contributed by atoms with van der Waals surface area (Å²) in [4.78, 5) is 16.0. The molecule has 0 saturated heterocycles. The fourth-order valence-corrected chi connectivity index (χ4v) is 2.01. The third-order valence-corrected chi connectivity index (χ3v) is 3.34. The van der Waals surface area contributed by atoms with Gasteiger partial charge in [-0.05, 0) is 59.3 Å². The highest BCUT2D eigenvalue weighted by Crippen LogP contribution is 2.23. The van der Waals surface area contributed by atoms with Crippen molar-refractivity contribution in [2.45, 2.75) is 26.2 Å². The van der Waals surface area contributed by atoms with Crippen LogP contribution in [0.2, 0.25) is 0 Å². The highest BCUT2D eigenvalue weighted by atomic mass is 35.5. The molecule has 0 saturated carbocycles. The van der Waals surface area contributed by atoms with E-state index in [1.807, 2.05) is 78.1 Å². The fourth-order valence-electron chi connectivity index (χ4n) is 1.90. The van der Waals surface area contributed by atoms with Crippen LogP contribution in [0.4, 0.5) is 5.69 Å². The Balaban J connectivity index is 0. The highest BCUT2D eigenvalue weighted by Gasteiger charge is 2.19. The molecule has 0 aliphatic heterocycles. The number of halogens is 1. The number of hydrogen-bond donors (Lipinski definition) is 2. The van der Waals surface area contributed by atoms with Gasteiger partial charge in [0.05, 0.1) is 11.5 Å². The van der Waals surface area contributed by atoms with E-state index in [0.717, 1.165) is 16.8 Å². The maximum atomic E-state index is 9.19. The number of carbonyl (C=O) groups is 1. The SMILES string of the molecule is C=N/C=C(/C=C/C)C(=N/CCl)\Nc1ccc(C(C)(C)C#N)cc1.C=O.CNC. The van der Waals surface area contributed by atoms with E-state index in [0.29, 0.717) is 5.84 Å². The van der Waals surface area contributed by atoms with Gasteiger partial charge >= 0.3 is 0 Å². The number of nitrogens with zero attached hydrogens (tertiary/aromatic N) is 3. The van der Waals surface area contributed by atoms with Crippen molar-refractivity contribution in [3.63, 3.8) is 0 Å². The number of benzene rings is 1. The lowest BCUT2D eigenvalue weighted by Gasteiger charge is -2.17. The Labute approximate surface area is 173 Å². The van der Waals surface area contributed by atoms with E-state index >= 15 is 0 Å². The molecule has 1 aromatic carbocycles. The lowest BCUT2D eigenvalue weighted by Crippen LogP contribution is -2.16. The van der Waals surface area contributed by atoms with Crippen molar-refractivity contribution in [1.82, 2.24) is 5.32 Å². The van der Waals surface area contributed by atoms with Crippen molar-refractivity contribution < 1.29 is 4.79 Å². The van der Waals surface area contributed by atoms with E-state index < -0.39 is 5.41 Å². The summed E-state index contributed by atoms with van der Waals surface area (Å²) in [6.45, 7) is 11.2. The van der Waals surface area contributed by atoms with E-state index in [2.05, 4.69) is 33.4 Å². The number of alkyl halides is 1. The van der Waals surface area contributed by atoms with Gasteiger partial charge in [0.1, 0.15) is 18.6 Å². The van der Waals surface area contributed by atoms with E-state index in [9.17, 15) is 5.26 Å². The third-order valence-electron chi connectivity index (χ3n) is 3.22. The van der Waals surface area contributed by atoms with Crippen molar-refractivity contribution in [3.05, 3.63) is 53.8 Å². The maximum Gasteiger partial charge on any atom is 0.135 e. The average molecular weight is 404 g/mol. The monoisotopic (exact) mass is 403 g/mol. The van der Waals surface area contributed by atoms with Crippen LogP contribution in [0.5, 0.6) is 0 Å². The molecule has 0 radical (unpaired) electrons. The number of amidine groups is 1. The van der Waals surface area contributed by atoms with E-state index in [-0.39, 0.29) is 6.00 Å². The Kier molecular flexibility index (Phi) is 16.1. The molecule has 0 heterocycles. The smallest absolute Gasteiger partial charge is 0.135 e. The topological polar surface area (TPSA) is 89.6 Å². The molecule has 0 unspecified atom stereocenters. The standard InChI is InChI=1S/C18H21ClN4.C2H7N.CH2O/c1-5-6-14(11-21-4)17(22-13-19)23-16-9-7-15(8-10-16)18(2,3)12-20;1-3-2;1-2/h5-11H,4,13H2,1-3H3,(H,22,23);3H,1-2H3;1H2/b6-5+,14-11-;;. The summed E-state index contributed by atoms with van der Waals surface area (Å²) in [5.41, 5.74) is 2.07. The second-order valence-corrected chi connectivity index (χ2v) is 6.07. The zero-order valence-corrected chi connectivity index (χ0v) is 18.0. The minimum atomic E-state index is -0.519. The number of anilines is 1. The highest BCUT2D eigenvalue weighted by molar-refractivity contribution is 6.19. The van der Waals surface area contributed by atoms with Gasteiger partial charge in [0, 0.05) is 17.5 Å². The molecule has 6 nitrogen and oxygen atoms in total. The Hall–Kier alpha value is -2.75. The first-order chi connectivity index (χ1) is 13.4. The van der Waals surface area contributed by atoms with Crippen molar-refractivity contribution >= 4 is 36.6 Å². The van der Waals surface area contributed by atoms with Crippen LogP contribution in [0.15, 0.2) is 58.2 Å². The third kappa shape index (κ3) is 10.4. The van der Waals surface area contributed by atoms with Gasteiger partial charge in [-0.15, -0.1) is 11.6 Å². The second kappa shape index (κ2) is 16.4. The Bertz CT molecular complexity index is 701. The molecule has 1 rings (SSSR count). The zero-order valence-electron chi connectivity index (χ0n) is 17.3. The molecular weight excluding hydrogens is 374 g/mol. The number of allylic oxidation sites excluding steroid dienone is 1. The number of aliphatic imine (C=N–C) groups is 2. The summed E-state index contributed by atoms with van der Waals surface area (Å²) in [7, 11) is 3.75. The molecule has 1 aromatic rings. The summed E-state index contributed by atoms with van der Waals surface area (Å²) in [6, 6.07) is 10.1. The van der Waals surface area contributed by atoms with Gasteiger partial charge in [-0.2, -0.15) is 5.26 Å². The van der Waals surface area contributed by atoms with Crippen LogP contribution in [0, 0.1) is 11.3 Å². The minimum Gasteiger partial charge on any atom is -0.340 e. The molecule has 0 spiro atoms. The molecule has 0 aromatic heterocycles. The molecule has 0 fully saturated rings. The molecular formula is C21H30ClN5O. The molecule has 152 valence electrons. The van der Waals surface area contributed by atoms with Crippen LogP contribution in [-0.2, 0) is 10.2 Å². The fraction of sp³-hybridized carbons (Fsp3) is 0.333. The van der Waals surface area contributed by atoms with Crippen molar-refractivity contribution in [1.29, 1.82) is 5.26 Å². The van der Waals surface area contributed by atoms with Crippen LogP contribution in [0.25, 0.3) is 0 Å². The number of nitriles is 1. The van der Waals surface area contributed by atoms with Crippen LogP contribution in [-0.4, -0.2) is 39.4 Å².